The Kier molecular flexibility index (Phi) is 6.32. The summed E-state index contributed by atoms with van der Waals surface area (Å²) in [5.41, 5.74) is 5.59. The summed E-state index contributed by atoms with van der Waals surface area (Å²) in [5.74, 6) is 0. The van der Waals surface area contributed by atoms with Crippen LogP contribution in [0.15, 0.2) is 30.3 Å². The summed E-state index contributed by atoms with van der Waals surface area (Å²) in [5, 5.41) is 2.44. The summed E-state index contributed by atoms with van der Waals surface area (Å²) in [4.78, 5) is 10.3. The molecule has 0 aliphatic heterocycles. The molecular formula is C10H16N2O. The van der Waals surface area contributed by atoms with Crippen molar-refractivity contribution in [1.82, 2.24) is 0 Å². The van der Waals surface area contributed by atoms with Crippen molar-refractivity contribution in [3.05, 3.63) is 30.3 Å². The largest absolute Gasteiger partial charge is 0.351 e. The molecule has 3 nitrogen and oxygen atoms in total. The summed E-state index contributed by atoms with van der Waals surface area (Å²) >= 11 is 0. The molecule has 0 saturated heterocycles. The van der Waals surface area contributed by atoms with Crippen LogP contribution in [-0.2, 0) is 0 Å². The zero-order chi connectivity index (χ0) is 10.1. The van der Waals surface area contributed by atoms with Crippen molar-refractivity contribution in [3.8, 4) is 0 Å². The van der Waals surface area contributed by atoms with Gasteiger partial charge in [-0.1, -0.05) is 38.5 Å². The molecule has 0 bridgehead atoms. The zero-order valence-electron chi connectivity index (χ0n) is 8.08. The lowest BCUT2D eigenvalue weighted by Crippen LogP contribution is -2.18. The van der Waals surface area contributed by atoms with Gasteiger partial charge in [0.2, 0.25) is 0 Å². The summed E-state index contributed by atoms with van der Waals surface area (Å²) in [6.07, 6.45) is 1.25. The van der Waals surface area contributed by atoms with Crippen molar-refractivity contribution in [2.75, 3.05) is 5.32 Å². The van der Waals surface area contributed by atoms with Crippen LogP contribution < -0.4 is 11.1 Å². The van der Waals surface area contributed by atoms with E-state index < -0.39 is 6.03 Å². The lowest BCUT2D eigenvalue weighted by Gasteiger charge is -1.97. The number of benzene rings is 1. The van der Waals surface area contributed by atoms with Crippen LogP contribution in [0.5, 0.6) is 0 Å². The highest BCUT2D eigenvalue weighted by Gasteiger charge is 1.90. The molecule has 0 saturated carbocycles. The van der Waals surface area contributed by atoms with Crippen LogP contribution in [-0.4, -0.2) is 6.03 Å². The lowest BCUT2D eigenvalue weighted by atomic mass is 10.3. The highest BCUT2D eigenvalue weighted by Crippen LogP contribution is 2.03. The highest BCUT2D eigenvalue weighted by molar-refractivity contribution is 5.87. The quantitative estimate of drug-likeness (QED) is 0.685. The first kappa shape index (κ1) is 11.5. The number of carbonyl (C=O) groups is 1. The minimum absolute atomic E-state index is 0.536. The van der Waals surface area contributed by atoms with Crippen LogP contribution in [0, 0.1) is 0 Å². The number of nitrogens with two attached hydrogens (primary N) is 1. The third kappa shape index (κ3) is 6.87. The molecule has 0 fully saturated rings. The number of hydrogen-bond donors (Lipinski definition) is 2. The molecule has 0 aliphatic rings. The van der Waals surface area contributed by atoms with E-state index >= 15 is 0 Å². The summed E-state index contributed by atoms with van der Waals surface area (Å²) in [6, 6.07) is 8.52. The molecular weight excluding hydrogens is 164 g/mol. The van der Waals surface area contributed by atoms with Gasteiger partial charge in [0.1, 0.15) is 0 Å². The standard InChI is InChI=1S/C7H8N2O.C3H8/c8-7(10)9-6-4-2-1-3-5-6;1-3-2/h1-5H,(H3,8,9,10);3H2,1-2H3. The zero-order valence-corrected chi connectivity index (χ0v) is 8.08. The van der Waals surface area contributed by atoms with E-state index in [1.54, 1.807) is 12.1 Å². The Morgan fingerprint density at radius 3 is 2.15 bits per heavy atom. The van der Waals surface area contributed by atoms with Crippen molar-refractivity contribution in [2.24, 2.45) is 5.73 Å². The molecule has 0 unspecified atom stereocenters. The normalized spacial score (nSPS) is 8.15. The Hall–Kier alpha value is -1.51. The maximum atomic E-state index is 10.3. The summed E-state index contributed by atoms with van der Waals surface area (Å²) in [6.45, 7) is 4.25. The minimum Gasteiger partial charge on any atom is -0.351 e. The van der Waals surface area contributed by atoms with Gasteiger partial charge in [-0.05, 0) is 12.1 Å². The number of rotatable bonds is 1. The van der Waals surface area contributed by atoms with Crippen LogP contribution in [0.4, 0.5) is 10.5 Å². The lowest BCUT2D eigenvalue weighted by molar-refractivity contribution is 0.259. The van der Waals surface area contributed by atoms with Crippen molar-refractivity contribution in [3.63, 3.8) is 0 Å². The summed E-state index contributed by atoms with van der Waals surface area (Å²) < 4.78 is 0. The Morgan fingerprint density at radius 2 is 1.77 bits per heavy atom. The fraction of sp³-hybridized carbons (Fsp3) is 0.300. The van der Waals surface area contributed by atoms with Crippen LogP contribution in [0.3, 0.4) is 0 Å². The molecule has 1 rings (SSSR count). The number of hydrogen-bond acceptors (Lipinski definition) is 1. The second-order valence-corrected chi connectivity index (χ2v) is 2.56. The molecule has 3 heteroatoms. The molecule has 0 aromatic heterocycles. The predicted molar refractivity (Wildman–Crippen MR) is 55.6 cm³/mol. The van der Waals surface area contributed by atoms with Crippen LogP contribution >= 0.6 is 0 Å². The number of para-hydroxylation sites is 1. The Bertz CT molecular complexity index is 234. The molecule has 13 heavy (non-hydrogen) atoms. The maximum Gasteiger partial charge on any atom is 0.316 e. The number of carbonyl (C=O) groups excluding carboxylic acids is 1. The van der Waals surface area contributed by atoms with Crippen LogP contribution in [0.25, 0.3) is 0 Å². The average Bonchev–Trinajstić information content (AvgIpc) is 2.06. The molecule has 72 valence electrons. The van der Waals surface area contributed by atoms with E-state index in [1.807, 2.05) is 18.2 Å². The van der Waals surface area contributed by atoms with E-state index in [9.17, 15) is 4.79 Å². The molecule has 0 radical (unpaired) electrons. The molecule has 3 N–H and O–H groups in total. The van der Waals surface area contributed by atoms with Gasteiger partial charge in [0.15, 0.2) is 0 Å². The molecule has 1 aromatic rings. The Labute approximate surface area is 78.9 Å². The van der Waals surface area contributed by atoms with Gasteiger partial charge in [0, 0.05) is 5.69 Å². The maximum absolute atomic E-state index is 10.3. The number of anilines is 1. The number of nitrogens with one attached hydrogen (secondary N) is 1. The number of primary amides is 1. The molecule has 2 amide bonds. The van der Waals surface area contributed by atoms with Crippen molar-refractivity contribution in [2.45, 2.75) is 20.3 Å². The molecule has 0 aliphatic carbocycles. The number of amides is 2. The Balaban J connectivity index is 0.000000424. The second kappa shape index (κ2) is 7.16. The number of urea groups is 1. The van der Waals surface area contributed by atoms with Gasteiger partial charge in [0.25, 0.3) is 0 Å². The van der Waals surface area contributed by atoms with E-state index in [0.717, 1.165) is 5.69 Å². The van der Waals surface area contributed by atoms with Gasteiger partial charge in [-0.15, -0.1) is 0 Å². The average molecular weight is 180 g/mol. The van der Waals surface area contributed by atoms with Crippen molar-refractivity contribution < 1.29 is 4.79 Å². The first-order valence-electron chi connectivity index (χ1n) is 4.32. The first-order chi connectivity index (χ1) is 6.20. The minimum atomic E-state index is -0.536. The van der Waals surface area contributed by atoms with Gasteiger partial charge in [-0.2, -0.15) is 0 Å². The second-order valence-electron chi connectivity index (χ2n) is 2.56. The van der Waals surface area contributed by atoms with Gasteiger partial charge < -0.3 is 11.1 Å². The van der Waals surface area contributed by atoms with E-state index in [4.69, 9.17) is 5.73 Å². The van der Waals surface area contributed by atoms with Crippen molar-refractivity contribution >= 4 is 11.7 Å². The van der Waals surface area contributed by atoms with E-state index in [0.29, 0.717) is 0 Å². The predicted octanol–water partition coefficient (Wildman–Crippen LogP) is 2.59. The van der Waals surface area contributed by atoms with Gasteiger partial charge in [-0.25, -0.2) is 4.79 Å². The fourth-order valence-corrected chi connectivity index (χ4v) is 0.664. The Morgan fingerprint density at radius 1 is 1.31 bits per heavy atom. The van der Waals surface area contributed by atoms with Gasteiger partial charge in [0.05, 0.1) is 0 Å². The smallest absolute Gasteiger partial charge is 0.316 e. The van der Waals surface area contributed by atoms with E-state index in [-0.39, 0.29) is 0 Å². The monoisotopic (exact) mass is 180 g/mol. The third-order valence-corrected chi connectivity index (χ3v) is 1.04. The van der Waals surface area contributed by atoms with Gasteiger partial charge >= 0.3 is 6.03 Å². The third-order valence-electron chi connectivity index (χ3n) is 1.04. The molecule has 0 atom stereocenters. The topological polar surface area (TPSA) is 55.1 Å². The molecule has 0 spiro atoms. The van der Waals surface area contributed by atoms with Crippen molar-refractivity contribution in [1.29, 1.82) is 0 Å². The molecule has 1 aromatic carbocycles. The molecule has 0 heterocycles. The van der Waals surface area contributed by atoms with E-state index in [1.165, 1.54) is 6.42 Å². The summed E-state index contributed by atoms with van der Waals surface area (Å²) in [7, 11) is 0. The van der Waals surface area contributed by atoms with E-state index in [2.05, 4.69) is 19.2 Å². The fourth-order valence-electron chi connectivity index (χ4n) is 0.664. The SMILES string of the molecule is CCC.NC(=O)Nc1ccccc1. The van der Waals surface area contributed by atoms with Crippen LogP contribution in [0.2, 0.25) is 0 Å². The first-order valence-corrected chi connectivity index (χ1v) is 4.32. The van der Waals surface area contributed by atoms with Crippen LogP contribution in [0.1, 0.15) is 20.3 Å². The van der Waals surface area contributed by atoms with Gasteiger partial charge in [-0.3, -0.25) is 0 Å². The highest BCUT2D eigenvalue weighted by atomic mass is 16.2.